The van der Waals surface area contributed by atoms with Gasteiger partial charge in [0, 0.05) is 49.0 Å². The minimum absolute atomic E-state index is 0.0419. The number of ether oxygens (including phenoxy) is 1. The van der Waals surface area contributed by atoms with Crippen LogP contribution in [-0.4, -0.2) is 56.0 Å². The van der Waals surface area contributed by atoms with Crippen LogP contribution in [0.1, 0.15) is 30.1 Å². The summed E-state index contributed by atoms with van der Waals surface area (Å²) >= 11 is 1.54. The van der Waals surface area contributed by atoms with Crippen molar-refractivity contribution in [1.82, 2.24) is 24.6 Å². The number of carbonyl (C=O) groups is 1. The Morgan fingerprint density at radius 3 is 2.96 bits per heavy atom. The van der Waals surface area contributed by atoms with Gasteiger partial charge in [-0.05, 0) is 26.3 Å². The van der Waals surface area contributed by atoms with Crippen LogP contribution in [0.2, 0.25) is 0 Å². The van der Waals surface area contributed by atoms with E-state index in [0.717, 1.165) is 18.7 Å². The maximum atomic E-state index is 12.8. The zero-order valence-electron chi connectivity index (χ0n) is 16.0. The average molecular weight is 401 g/mol. The van der Waals surface area contributed by atoms with E-state index in [1.165, 1.54) is 11.8 Å². The third-order valence-electron chi connectivity index (χ3n) is 5.19. The fraction of sp³-hybridized carbons (Fsp3) is 0.526. The molecule has 1 fully saturated rings. The molecule has 2 aliphatic rings. The summed E-state index contributed by atoms with van der Waals surface area (Å²) in [7, 11) is 0. The van der Waals surface area contributed by atoms with Gasteiger partial charge in [0.05, 0.1) is 18.3 Å². The summed E-state index contributed by atoms with van der Waals surface area (Å²) in [5, 5.41) is 8.70. The third kappa shape index (κ3) is 3.89. The SMILES string of the molecule is Cc1ccc(OCC2CCN(C(=O)CC3CSc4ncc(C)c(=O)n43)C2)nn1. The van der Waals surface area contributed by atoms with Crippen molar-refractivity contribution in [3.63, 3.8) is 0 Å². The summed E-state index contributed by atoms with van der Waals surface area (Å²) < 4.78 is 7.40. The van der Waals surface area contributed by atoms with Gasteiger partial charge in [-0.3, -0.25) is 14.2 Å². The molecule has 28 heavy (non-hydrogen) atoms. The number of hydrogen-bond acceptors (Lipinski definition) is 7. The highest BCUT2D eigenvalue weighted by molar-refractivity contribution is 7.99. The van der Waals surface area contributed by atoms with Gasteiger partial charge in [-0.1, -0.05) is 11.8 Å². The van der Waals surface area contributed by atoms with Crippen molar-refractivity contribution in [2.45, 2.75) is 37.9 Å². The quantitative estimate of drug-likeness (QED) is 0.703. The molecular weight excluding hydrogens is 378 g/mol. The Morgan fingerprint density at radius 2 is 2.18 bits per heavy atom. The first-order chi connectivity index (χ1) is 13.5. The smallest absolute Gasteiger partial charge is 0.257 e. The molecule has 4 heterocycles. The van der Waals surface area contributed by atoms with Crippen LogP contribution in [0.5, 0.6) is 5.88 Å². The standard InChI is InChI=1S/C19H23N5O3S/c1-12-8-20-19-24(18(12)26)15(11-28-19)7-17(25)23-6-5-14(9-23)10-27-16-4-3-13(2)21-22-16/h3-4,8,14-15H,5-7,9-11H2,1-2H3. The molecule has 2 unspecified atom stereocenters. The van der Waals surface area contributed by atoms with Crippen molar-refractivity contribution in [2.24, 2.45) is 5.92 Å². The second-order valence-corrected chi connectivity index (χ2v) is 8.37. The molecule has 1 amide bonds. The summed E-state index contributed by atoms with van der Waals surface area (Å²) in [5.74, 6) is 1.59. The van der Waals surface area contributed by atoms with Crippen LogP contribution < -0.4 is 10.3 Å². The Bertz CT molecular complexity index is 930. The van der Waals surface area contributed by atoms with E-state index < -0.39 is 0 Å². The monoisotopic (exact) mass is 401 g/mol. The Labute approximate surface area is 167 Å². The van der Waals surface area contributed by atoms with Gasteiger partial charge in [-0.2, -0.15) is 5.10 Å². The molecule has 8 nitrogen and oxygen atoms in total. The van der Waals surface area contributed by atoms with E-state index in [2.05, 4.69) is 15.2 Å². The highest BCUT2D eigenvalue weighted by Crippen LogP contribution is 2.32. The van der Waals surface area contributed by atoms with E-state index in [0.29, 0.717) is 41.9 Å². The molecule has 0 aliphatic carbocycles. The van der Waals surface area contributed by atoms with E-state index in [-0.39, 0.29) is 23.4 Å². The summed E-state index contributed by atoms with van der Waals surface area (Å²) in [5.41, 5.74) is 1.42. The summed E-state index contributed by atoms with van der Waals surface area (Å²) in [6.45, 7) is 5.55. The number of aryl methyl sites for hydroxylation is 2. The maximum absolute atomic E-state index is 12.8. The van der Waals surface area contributed by atoms with Crippen LogP contribution in [-0.2, 0) is 4.79 Å². The predicted molar refractivity (Wildman–Crippen MR) is 105 cm³/mol. The van der Waals surface area contributed by atoms with Crippen molar-refractivity contribution in [2.75, 3.05) is 25.4 Å². The van der Waals surface area contributed by atoms with Crippen LogP contribution in [0.3, 0.4) is 0 Å². The molecule has 2 aromatic rings. The number of carbonyl (C=O) groups excluding carboxylic acids is 1. The first-order valence-corrected chi connectivity index (χ1v) is 10.4. The summed E-state index contributed by atoms with van der Waals surface area (Å²) in [4.78, 5) is 31.4. The number of nitrogens with zero attached hydrogens (tertiary/aromatic N) is 5. The lowest BCUT2D eigenvalue weighted by Gasteiger charge is -2.20. The minimum Gasteiger partial charge on any atom is -0.476 e. The molecule has 9 heteroatoms. The number of rotatable bonds is 5. The fourth-order valence-corrected chi connectivity index (χ4v) is 4.67. The van der Waals surface area contributed by atoms with Crippen molar-refractivity contribution < 1.29 is 9.53 Å². The van der Waals surface area contributed by atoms with Gasteiger partial charge in [0.15, 0.2) is 5.16 Å². The molecular formula is C19H23N5O3S. The van der Waals surface area contributed by atoms with Gasteiger partial charge in [-0.25, -0.2) is 4.98 Å². The van der Waals surface area contributed by atoms with E-state index in [1.807, 2.05) is 24.0 Å². The fourth-order valence-electron chi connectivity index (χ4n) is 3.56. The lowest BCUT2D eigenvalue weighted by atomic mass is 10.1. The molecule has 0 radical (unpaired) electrons. The lowest BCUT2D eigenvalue weighted by Crippen LogP contribution is -2.34. The predicted octanol–water partition coefficient (Wildman–Crippen LogP) is 1.61. The average Bonchev–Trinajstić information content (AvgIpc) is 3.32. The number of hydrogen-bond donors (Lipinski definition) is 0. The number of fused-ring (bicyclic) bond motifs is 1. The molecule has 0 saturated carbocycles. The first-order valence-electron chi connectivity index (χ1n) is 9.43. The van der Waals surface area contributed by atoms with E-state index >= 15 is 0 Å². The third-order valence-corrected chi connectivity index (χ3v) is 6.30. The molecule has 0 spiro atoms. The van der Waals surface area contributed by atoms with E-state index in [1.54, 1.807) is 17.7 Å². The Morgan fingerprint density at radius 1 is 1.32 bits per heavy atom. The second kappa shape index (κ2) is 7.90. The van der Waals surface area contributed by atoms with E-state index in [9.17, 15) is 9.59 Å². The Kier molecular flexibility index (Phi) is 5.34. The van der Waals surface area contributed by atoms with Crippen LogP contribution >= 0.6 is 11.8 Å². The van der Waals surface area contributed by atoms with Crippen LogP contribution in [0.4, 0.5) is 0 Å². The zero-order valence-corrected chi connectivity index (χ0v) is 16.8. The van der Waals surface area contributed by atoms with Gasteiger partial charge in [-0.15, -0.1) is 5.10 Å². The van der Waals surface area contributed by atoms with Gasteiger partial charge >= 0.3 is 0 Å². The molecule has 2 atom stereocenters. The highest BCUT2D eigenvalue weighted by Gasteiger charge is 2.32. The second-order valence-electron chi connectivity index (χ2n) is 7.39. The van der Waals surface area contributed by atoms with Crippen LogP contribution in [0, 0.1) is 19.8 Å². The number of amides is 1. The molecule has 2 aliphatic heterocycles. The van der Waals surface area contributed by atoms with Gasteiger partial charge < -0.3 is 9.64 Å². The number of thioether (sulfide) groups is 1. The molecule has 148 valence electrons. The molecule has 1 saturated heterocycles. The van der Waals surface area contributed by atoms with E-state index in [4.69, 9.17) is 4.74 Å². The Balaban J connectivity index is 1.32. The molecule has 2 aromatic heterocycles. The normalized spacial score (nSPS) is 21.0. The maximum Gasteiger partial charge on any atom is 0.257 e. The lowest BCUT2D eigenvalue weighted by molar-refractivity contribution is -0.131. The first kappa shape index (κ1) is 18.9. The zero-order chi connectivity index (χ0) is 19.7. The van der Waals surface area contributed by atoms with Gasteiger partial charge in [0.2, 0.25) is 11.8 Å². The van der Waals surface area contributed by atoms with Crippen LogP contribution in [0.25, 0.3) is 0 Å². The largest absolute Gasteiger partial charge is 0.476 e. The number of aromatic nitrogens is 4. The highest BCUT2D eigenvalue weighted by atomic mass is 32.2. The molecule has 4 rings (SSSR count). The van der Waals surface area contributed by atoms with Crippen LogP contribution in [0.15, 0.2) is 28.3 Å². The summed E-state index contributed by atoms with van der Waals surface area (Å²) in [6, 6.07) is 3.55. The summed E-state index contributed by atoms with van der Waals surface area (Å²) in [6.07, 6.45) is 2.85. The topological polar surface area (TPSA) is 90.2 Å². The van der Waals surface area contributed by atoms with Crippen molar-refractivity contribution in [3.8, 4) is 5.88 Å². The van der Waals surface area contributed by atoms with Crippen molar-refractivity contribution in [3.05, 3.63) is 39.9 Å². The Hall–Kier alpha value is -2.42. The number of likely N-dealkylation sites (tertiary alicyclic amines) is 1. The minimum atomic E-state index is -0.120. The van der Waals surface area contributed by atoms with Crippen molar-refractivity contribution in [1.29, 1.82) is 0 Å². The molecule has 0 aromatic carbocycles. The van der Waals surface area contributed by atoms with Gasteiger partial charge in [0.1, 0.15) is 0 Å². The molecule has 0 bridgehead atoms. The van der Waals surface area contributed by atoms with Crippen molar-refractivity contribution >= 4 is 17.7 Å². The van der Waals surface area contributed by atoms with Gasteiger partial charge in [0.25, 0.3) is 5.56 Å². The molecule has 0 N–H and O–H groups in total.